The zero-order valence-corrected chi connectivity index (χ0v) is 13.7. The number of likely N-dealkylation sites (tertiary alicyclic amines) is 1. The summed E-state index contributed by atoms with van der Waals surface area (Å²) in [6.07, 6.45) is 2.78. The molecule has 1 aliphatic rings. The Kier molecular flexibility index (Phi) is 4.94. The second-order valence-corrected chi connectivity index (χ2v) is 6.32. The van der Waals surface area contributed by atoms with Gasteiger partial charge in [0.15, 0.2) is 0 Å². The number of carbonyl (C=O) groups is 1. The van der Waals surface area contributed by atoms with Crippen LogP contribution in [0.15, 0.2) is 42.5 Å². The molecular formula is C18H20ClN3O. The lowest BCUT2D eigenvalue weighted by Crippen LogP contribution is -2.33. The number of rotatable bonds is 5. The molecule has 1 aromatic heterocycles. The summed E-state index contributed by atoms with van der Waals surface area (Å²) in [7, 11) is 0. The van der Waals surface area contributed by atoms with Crippen molar-refractivity contribution in [3.05, 3.63) is 64.4 Å². The first kappa shape index (κ1) is 16.0. The number of benzene rings is 1. The van der Waals surface area contributed by atoms with Gasteiger partial charge in [-0.25, -0.2) is 0 Å². The van der Waals surface area contributed by atoms with Crippen LogP contribution in [-0.4, -0.2) is 28.9 Å². The normalized spacial score (nSPS) is 18.2. The van der Waals surface area contributed by atoms with E-state index in [1.807, 2.05) is 42.5 Å². The van der Waals surface area contributed by atoms with Crippen LogP contribution >= 0.6 is 11.6 Å². The standard InChI is InChI=1S/C18H20ClN3O/c19-15-7-2-1-5-13(15)11-14-6-3-8-16(21-14)17-9-4-10-22(17)12-18(20)23/h1-3,5-8,17H,4,9-12H2,(H2,20,23)/t17-/m0/s1. The molecule has 1 aromatic carbocycles. The molecule has 1 aliphatic heterocycles. The molecule has 0 unspecified atom stereocenters. The van der Waals surface area contributed by atoms with Crippen LogP contribution in [-0.2, 0) is 11.2 Å². The van der Waals surface area contributed by atoms with Gasteiger partial charge in [0.05, 0.1) is 18.3 Å². The molecule has 3 rings (SSSR count). The smallest absolute Gasteiger partial charge is 0.231 e. The molecule has 1 saturated heterocycles. The summed E-state index contributed by atoms with van der Waals surface area (Å²) in [5.74, 6) is -0.288. The molecule has 0 spiro atoms. The van der Waals surface area contributed by atoms with E-state index in [1.165, 1.54) is 0 Å². The highest BCUT2D eigenvalue weighted by Crippen LogP contribution is 2.30. The van der Waals surface area contributed by atoms with Gasteiger partial charge < -0.3 is 5.73 Å². The van der Waals surface area contributed by atoms with Crippen molar-refractivity contribution in [2.75, 3.05) is 13.1 Å². The van der Waals surface area contributed by atoms with Gasteiger partial charge in [-0.05, 0) is 43.1 Å². The number of carbonyl (C=O) groups excluding carboxylic acids is 1. The Morgan fingerprint density at radius 3 is 2.87 bits per heavy atom. The van der Waals surface area contributed by atoms with E-state index in [1.54, 1.807) is 0 Å². The number of hydrogen-bond acceptors (Lipinski definition) is 3. The summed E-state index contributed by atoms with van der Waals surface area (Å²) < 4.78 is 0. The monoisotopic (exact) mass is 329 g/mol. The Hall–Kier alpha value is -1.91. The Morgan fingerprint density at radius 1 is 1.26 bits per heavy atom. The van der Waals surface area contributed by atoms with E-state index in [-0.39, 0.29) is 11.9 Å². The highest BCUT2D eigenvalue weighted by molar-refractivity contribution is 6.31. The van der Waals surface area contributed by atoms with Crippen LogP contribution < -0.4 is 5.73 Å². The summed E-state index contributed by atoms with van der Waals surface area (Å²) in [6.45, 7) is 1.19. The van der Waals surface area contributed by atoms with Crippen LogP contribution in [0, 0.1) is 0 Å². The fourth-order valence-corrected chi connectivity index (χ4v) is 3.37. The first-order valence-electron chi connectivity index (χ1n) is 7.85. The maximum absolute atomic E-state index is 11.2. The van der Waals surface area contributed by atoms with Gasteiger partial charge in [-0.15, -0.1) is 0 Å². The zero-order valence-electron chi connectivity index (χ0n) is 12.9. The minimum absolute atomic E-state index is 0.175. The highest BCUT2D eigenvalue weighted by Gasteiger charge is 2.28. The summed E-state index contributed by atoms with van der Waals surface area (Å²) in [6, 6.07) is 14.1. The third-order valence-electron chi connectivity index (χ3n) is 4.22. The quantitative estimate of drug-likeness (QED) is 0.917. The third-order valence-corrected chi connectivity index (χ3v) is 4.59. The second-order valence-electron chi connectivity index (χ2n) is 5.92. The summed E-state index contributed by atoms with van der Waals surface area (Å²) >= 11 is 6.23. The Balaban J connectivity index is 1.80. The van der Waals surface area contributed by atoms with E-state index in [0.29, 0.717) is 13.0 Å². The molecule has 0 saturated carbocycles. The number of amides is 1. The highest BCUT2D eigenvalue weighted by atomic mass is 35.5. The minimum Gasteiger partial charge on any atom is -0.369 e. The van der Waals surface area contributed by atoms with E-state index in [9.17, 15) is 4.79 Å². The van der Waals surface area contributed by atoms with Gasteiger partial charge in [-0.1, -0.05) is 35.9 Å². The van der Waals surface area contributed by atoms with Crippen LogP contribution in [0.25, 0.3) is 0 Å². The molecule has 0 aliphatic carbocycles. The van der Waals surface area contributed by atoms with Crippen molar-refractivity contribution in [2.24, 2.45) is 5.73 Å². The number of aromatic nitrogens is 1. The third kappa shape index (κ3) is 3.89. The summed E-state index contributed by atoms with van der Waals surface area (Å²) in [5, 5.41) is 0.760. The van der Waals surface area contributed by atoms with Gasteiger partial charge in [0, 0.05) is 17.1 Å². The number of hydrogen-bond donors (Lipinski definition) is 1. The predicted octanol–water partition coefficient (Wildman–Crippen LogP) is 2.95. The number of halogens is 1. The van der Waals surface area contributed by atoms with Gasteiger partial charge in [0.1, 0.15) is 0 Å². The second kappa shape index (κ2) is 7.11. The molecule has 0 radical (unpaired) electrons. The van der Waals surface area contributed by atoms with Crippen molar-refractivity contribution >= 4 is 17.5 Å². The Morgan fingerprint density at radius 2 is 2.09 bits per heavy atom. The topological polar surface area (TPSA) is 59.2 Å². The maximum atomic E-state index is 11.2. The van der Waals surface area contributed by atoms with E-state index < -0.39 is 0 Å². The van der Waals surface area contributed by atoms with Gasteiger partial charge in [-0.3, -0.25) is 14.7 Å². The predicted molar refractivity (Wildman–Crippen MR) is 91.2 cm³/mol. The van der Waals surface area contributed by atoms with Gasteiger partial charge in [-0.2, -0.15) is 0 Å². The fourth-order valence-electron chi connectivity index (χ4n) is 3.17. The number of pyridine rings is 1. The van der Waals surface area contributed by atoms with Crippen molar-refractivity contribution in [3.63, 3.8) is 0 Å². The van der Waals surface area contributed by atoms with Crippen LogP contribution in [0.2, 0.25) is 5.02 Å². The van der Waals surface area contributed by atoms with Gasteiger partial charge >= 0.3 is 0 Å². The van der Waals surface area contributed by atoms with Crippen molar-refractivity contribution < 1.29 is 4.79 Å². The number of nitrogens with two attached hydrogens (primary N) is 1. The Bertz CT molecular complexity index is 704. The number of primary amides is 1. The molecule has 120 valence electrons. The van der Waals surface area contributed by atoms with Crippen molar-refractivity contribution in [1.82, 2.24) is 9.88 Å². The molecule has 2 aromatic rings. The first-order valence-corrected chi connectivity index (χ1v) is 8.23. The molecule has 0 bridgehead atoms. The zero-order chi connectivity index (χ0) is 16.2. The van der Waals surface area contributed by atoms with Crippen LogP contribution in [0.5, 0.6) is 0 Å². The van der Waals surface area contributed by atoms with Crippen LogP contribution in [0.4, 0.5) is 0 Å². The molecule has 5 heteroatoms. The van der Waals surface area contributed by atoms with Gasteiger partial charge in [0.25, 0.3) is 0 Å². The molecule has 2 heterocycles. The lowest BCUT2D eigenvalue weighted by atomic mass is 10.1. The van der Waals surface area contributed by atoms with Gasteiger partial charge in [0.2, 0.25) is 5.91 Å². The lowest BCUT2D eigenvalue weighted by molar-refractivity contribution is -0.119. The maximum Gasteiger partial charge on any atom is 0.231 e. The van der Waals surface area contributed by atoms with E-state index >= 15 is 0 Å². The van der Waals surface area contributed by atoms with Crippen LogP contribution in [0.3, 0.4) is 0 Å². The van der Waals surface area contributed by atoms with Crippen LogP contribution in [0.1, 0.15) is 35.8 Å². The van der Waals surface area contributed by atoms with E-state index in [0.717, 1.165) is 41.4 Å². The molecule has 1 fully saturated rings. The largest absolute Gasteiger partial charge is 0.369 e. The fraction of sp³-hybridized carbons (Fsp3) is 0.333. The average Bonchev–Trinajstić information content (AvgIpc) is 2.97. The lowest BCUT2D eigenvalue weighted by Gasteiger charge is -2.22. The molecule has 23 heavy (non-hydrogen) atoms. The van der Waals surface area contributed by atoms with Crippen molar-refractivity contribution in [2.45, 2.75) is 25.3 Å². The average molecular weight is 330 g/mol. The molecular weight excluding hydrogens is 310 g/mol. The number of nitrogens with zero attached hydrogens (tertiary/aromatic N) is 2. The summed E-state index contributed by atoms with van der Waals surface area (Å²) in [5.41, 5.74) is 8.41. The van der Waals surface area contributed by atoms with E-state index in [2.05, 4.69) is 4.90 Å². The van der Waals surface area contributed by atoms with Crippen molar-refractivity contribution in [1.29, 1.82) is 0 Å². The van der Waals surface area contributed by atoms with E-state index in [4.69, 9.17) is 22.3 Å². The first-order chi connectivity index (χ1) is 11.1. The minimum atomic E-state index is -0.288. The molecule has 1 atom stereocenters. The summed E-state index contributed by atoms with van der Waals surface area (Å²) in [4.78, 5) is 18.1. The molecule has 2 N–H and O–H groups in total. The molecule has 1 amide bonds. The Labute approximate surface area is 141 Å². The van der Waals surface area contributed by atoms with Crippen molar-refractivity contribution in [3.8, 4) is 0 Å². The SMILES string of the molecule is NC(=O)CN1CCC[C@H]1c1cccc(Cc2ccccc2Cl)n1. The molecule has 4 nitrogen and oxygen atoms in total.